The van der Waals surface area contributed by atoms with E-state index in [-0.39, 0.29) is 16.5 Å². The zero-order valence-corrected chi connectivity index (χ0v) is 13.7. The lowest BCUT2D eigenvalue weighted by Gasteiger charge is -2.41. The Labute approximate surface area is 112 Å². The van der Waals surface area contributed by atoms with Gasteiger partial charge >= 0.3 is 0 Å². The van der Waals surface area contributed by atoms with E-state index >= 15 is 0 Å². The molecule has 2 nitrogen and oxygen atoms in total. The topological polar surface area (TPSA) is 29.5 Å². The predicted molar refractivity (Wildman–Crippen MR) is 78.2 cm³/mol. The number of alkyl halides is 1. The standard InChI is InChI=1S/C13H27ClO2Si/c1-8-9-11(15)12(10(2)14)16-17(6,7)13(3,4)5/h8,10-12,15H,1,9H2,2-7H3/t10-,11+,12-/m1/s1. The minimum Gasteiger partial charge on any atom is -0.410 e. The number of hydrogen-bond acceptors (Lipinski definition) is 2. The Kier molecular flexibility index (Phi) is 6.43. The molecule has 0 aliphatic rings. The van der Waals surface area contributed by atoms with Crippen LogP contribution in [-0.4, -0.2) is 31.0 Å². The first-order valence-electron chi connectivity index (χ1n) is 6.14. The monoisotopic (exact) mass is 278 g/mol. The Morgan fingerprint density at radius 1 is 1.41 bits per heavy atom. The summed E-state index contributed by atoms with van der Waals surface area (Å²) in [6, 6.07) is 0. The second kappa shape index (κ2) is 6.37. The molecule has 0 aromatic rings. The minimum atomic E-state index is -1.90. The first-order valence-corrected chi connectivity index (χ1v) is 9.48. The third kappa shape index (κ3) is 5.12. The van der Waals surface area contributed by atoms with Crippen LogP contribution < -0.4 is 0 Å². The molecule has 1 N–H and O–H groups in total. The summed E-state index contributed by atoms with van der Waals surface area (Å²) < 4.78 is 6.19. The van der Waals surface area contributed by atoms with Crippen molar-refractivity contribution in [3.05, 3.63) is 12.7 Å². The van der Waals surface area contributed by atoms with Gasteiger partial charge in [-0.2, -0.15) is 0 Å². The van der Waals surface area contributed by atoms with Crippen molar-refractivity contribution in [1.82, 2.24) is 0 Å². The molecular formula is C13H27ClO2Si. The molecule has 0 aromatic carbocycles. The van der Waals surface area contributed by atoms with Gasteiger partial charge in [0.1, 0.15) is 0 Å². The number of aliphatic hydroxyl groups excluding tert-OH is 1. The fourth-order valence-corrected chi connectivity index (χ4v) is 3.00. The van der Waals surface area contributed by atoms with Crippen LogP contribution in [0.5, 0.6) is 0 Å². The fourth-order valence-electron chi connectivity index (χ4n) is 1.30. The van der Waals surface area contributed by atoms with Gasteiger partial charge in [0.15, 0.2) is 8.32 Å². The molecule has 0 amide bonds. The average Bonchev–Trinajstić information content (AvgIpc) is 2.12. The van der Waals surface area contributed by atoms with Crippen molar-refractivity contribution in [1.29, 1.82) is 0 Å². The van der Waals surface area contributed by atoms with Crippen molar-refractivity contribution < 1.29 is 9.53 Å². The van der Waals surface area contributed by atoms with Crippen LogP contribution >= 0.6 is 11.6 Å². The summed E-state index contributed by atoms with van der Waals surface area (Å²) in [5.74, 6) is 0. The van der Waals surface area contributed by atoms with E-state index < -0.39 is 14.4 Å². The van der Waals surface area contributed by atoms with Gasteiger partial charge < -0.3 is 9.53 Å². The molecule has 17 heavy (non-hydrogen) atoms. The number of halogens is 1. The molecule has 0 unspecified atom stereocenters. The van der Waals surface area contributed by atoms with E-state index in [4.69, 9.17) is 16.0 Å². The van der Waals surface area contributed by atoms with Crippen LogP contribution in [0.4, 0.5) is 0 Å². The summed E-state index contributed by atoms with van der Waals surface area (Å²) in [7, 11) is -1.90. The van der Waals surface area contributed by atoms with Gasteiger partial charge in [-0.3, -0.25) is 0 Å². The summed E-state index contributed by atoms with van der Waals surface area (Å²) in [5.41, 5.74) is 0. The third-order valence-corrected chi connectivity index (χ3v) is 8.20. The lowest BCUT2D eigenvalue weighted by atomic mass is 10.1. The van der Waals surface area contributed by atoms with Crippen molar-refractivity contribution >= 4 is 19.9 Å². The van der Waals surface area contributed by atoms with E-state index in [0.29, 0.717) is 6.42 Å². The van der Waals surface area contributed by atoms with Crippen molar-refractivity contribution in [2.75, 3.05) is 0 Å². The van der Waals surface area contributed by atoms with Gasteiger partial charge in [0.05, 0.1) is 17.6 Å². The zero-order valence-electron chi connectivity index (χ0n) is 12.0. The first-order chi connectivity index (χ1) is 7.53. The second-order valence-electron chi connectivity index (χ2n) is 6.11. The predicted octanol–water partition coefficient (Wildman–Crippen LogP) is 3.94. The number of rotatable bonds is 6. The first kappa shape index (κ1) is 17.2. The number of aliphatic hydroxyl groups is 1. The zero-order chi connectivity index (χ0) is 13.9. The molecule has 0 rings (SSSR count). The van der Waals surface area contributed by atoms with E-state index in [9.17, 15) is 5.11 Å². The smallest absolute Gasteiger partial charge is 0.192 e. The van der Waals surface area contributed by atoms with Crippen LogP contribution in [0.25, 0.3) is 0 Å². The van der Waals surface area contributed by atoms with Gasteiger partial charge in [-0.05, 0) is 31.5 Å². The SMILES string of the molecule is C=CC[C@H](O)[C@H](O[Si](C)(C)C(C)(C)C)[C@@H](C)Cl. The van der Waals surface area contributed by atoms with Crippen molar-refractivity contribution in [3.63, 3.8) is 0 Å². The summed E-state index contributed by atoms with van der Waals surface area (Å²) >= 11 is 6.13. The highest BCUT2D eigenvalue weighted by atomic mass is 35.5. The third-order valence-electron chi connectivity index (χ3n) is 3.48. The molecule has 0 heterocycles. The number of hydrogen-bond donors (Lipinski definition) is 1. The van der Waals surface area contributed by atoms with Gasteiger partial charge in [-0.1, -0.05) is 26.8 Å². The molecule has 0 aliphatic carbocycles. The molecule has 0 spiro atoms. The van der Waals surface area contributed by atoms with E-state index in [1.165, 1.54) is 0 Å². The van der Waals surface area contributed by atoms with E-state index in [0.717, 1.165) is 0 Å². The van der Waals surface area contributed by atoms with Gasteiger partial charge in [0.2, 0.25) is 0 Å². The molecule has 0 fully saturated rings. The van der Waals surface area contributed by atoms with Gasteiger partial charge in [-0.15, -0.1) is 18.2 Å². The van der Waals surface area contributed by atoms with E-state index in [2.05, 4.69) is 40.4 Å². The van der Waals surface area contributed by atoms with Crippen molar-refractivity contribution in [2.24, 2.45) is 0 Å². The molecule has 0 aliphatic heterocycles. The molecule has 3 atom stereocenters. The maximum Gasteiger partial charge on any atom is 0.192 e. The Hall–Kier alpha value is 0.167. The summed E-state index contributed by atoms with van der Waals surface area (Å²) in [4.78, 5) is 0. The molecule has 0 saturated carbocycles. The normalized spacial score (nSPS) is 18.6. The second-order valence-corrected chi connectivity index (χ2v) is 11.6. The summed E-state index contributed by atoms with van der Waals surface area (Å²) in [5, 5.41) is 9.96. The van der Waals surface area contributed by atoms with Gasteiger partial charge in [0, 0.05) is 0 Å². The maximum absolute atomic E-state index is 10.0. The lowest BCUT2D eigenvalue weighted by Crippen LogP contribution is -2.49. The Balaban J connectivity index is 4.82. The molecule has 0 saturated heterocycles. The lowest BCUT2D eigenvalue weighted by molar-refractivity contribution is 0.0298. The maximum atomic E-state index is 10.0. The Morgan fingerprint density at radius 3 is 2.18 bits per heavy atom. The summed E-state index contributed by atoms with van der Waals surface area (Å²) in [6.45, 7) is 16.4. The molecule has 102 valence electrons. The minimum absolute atomic E-state index is 0.116. The quantitative estimate of drug-likeness (QED) is 0.453. The Morgan fingerprint density at radius 2 is 1.88 bits per heavy atom. The summed E-state index contributed by atoms with van der Waals surface area (Å²) in [6.07, 6.45) is 1.31. The van der Waals surface area contributed by atoms with Gasteiger partial charge in [-0.25, -0.2) is 0 Å². The van der Waals surface area contributed by atoms with Crippen LogP contribution in [-0.2, 0) is 4.43 Å². The van der Waals surface area contributed by atoms with Gasteiger partial charge in [0.25, 0.3) is 0 Å². The van der Waals surface area contributed by atoms with Crippen LogP contribution in [0.3, 0.4) is 0 Å². The van der Waals surface area contributed by atoms with E-state index in [1.54, 1.807) is 6.08 Å². The fraction of sp³-hybridized carbons (Fsp3) is 0.846. The van der Waals surface area contributed by atoms with Crippen molar-refractivity contribution in [2.45, 2.75) is 69.8 Å². The molecule has 0 bridgehead atoms. The highest BCUT2D eigenvalue weighted by molar-refractivity contribution is 6.74. The van der Waals surface area contributed by atoms with Crippen LogP contribution in [0.15, 0.2) is 12.7 Å². The molecule has 4 heteroatoms. The average molecular weight is 279 g/mol. The highest BCUT2D eigenvalue weighted by Crippen LogP contribution is 2.38. The Bertz CT molecular complexity index is 246. The largest absolute Gasteiger partial charge is 0.410 e. The van der Waals surface area contributed by atoms with Crippen molar-refractivity contribution in [3.8, 4) is 0 Å². The van der Waals surface area contributed by atoms with Crippen LogP contribution in [0.1, 0.15) is 34.1 Å². The molecule has 0 aromatic heterocycles. The van der Waals surface area contributed by atoms with Crippen LogP contribution in [0.2, 0.25) is 18.1 Å². The molecule has 0 radical (unpaired) electrons. The van der Waals surface area contributed by atoms with Crippen LogP contribution in [0, 0.1) is 0 Å². The molecular weight excluding hydrogens is 252 g/mol. The van der Waals surface area contributed by atoms with E-state index in [1.807, 2.05) is 6.92 Å². The highest BCUT2D eigenvalue weighted by Gasteiger charge is 2.41.